The zero-order valence-electron chi connectivity index (χ0n) is 12.0. The van der Waals surface area contributed by atoms with E-state index in [1.807, 2.05) is 42.5 Å². The van der Waals surface area contributed by atoms with Gasteiger partial charge in [-0.3, -0.25) is 4.98 Å². The number of piperidine rings is 1. The van der Waals surface area contributed by atoms with Crippen molar-refractivity contribution in [1.82, 2.24) is 10.3 Å². The molecule has 1 fully saturated rings. The molecule has 0 spiro atoms. The summed E-state index contributed by atoms with van der Waals surface area (Å²) in [6.07, 6.45) is 6.01. The Bertz CT molecular complexity index is 462. The number of thiol groups is 1. The highest BCUT2D eigenvalue weighted by Crippen LogP contribution is 2.17. The molecule has 2 heterocycles. The third-order valence-corrected chi connectivity index (χ3v) is 3.33. The summed E-state index contributed by atoms with van der Waals surface area (Å²) in [7, 11) is 0. The Hall–Kier alpha value is -1.40. The average molecular weight is 308 g/mol. The van der Waals surface area contributed by atoms with Crippen molar-refractivity contribution in [3.05, 3.63) is 48.7 Å². The number of pyridine rings is 1. The summed E-state index contributed by atoms with van der Waals surface area (Å²) in [5.74, 6) is 0. The van der Waals surface area contributed by atoms with Crippen molar-refractivity contribution in [2.75, 3.05) is 13.1 Å². The molecule has 3 rings (SSSR count). The van der Waals surface area contributed by atoms with E-state index in [9.17, 15) is 0 Å². The van der Waals surface area contributed by atoms with Crippen LogP contribution in [0.3, 0.4) is 0 Å². The van der Waals surface area contributed by atoms with Crippen molar-refractivity contribution in [2.45, 2.75) is 24.2 Å². The summed E-state index contributed by atoms with van der Waals surface area (Å²) >= 11 is 4.22. The maximum absolute atomic E-state index is 4.25. The van der Waals surface area contributed by atoms with Crippen LogP contribution < -0.4 is 5.32 Å². The van der Waals surface area contributed by atoms with Crippen LogP contribution in [0.5, 0.6) is 0 Å². The molecule has 5 heteroatoms. The molecule has 1 aliphatic heterocycles. The molecular weight excluding hydrogens is 284 g/mol. The molecule has 1 aliphatic rings. The normalized spacial score (nSPS) is 13.0. The van der Waals surface area contributed by atoms with Crippen LogP contribution in [-0.4, -0.2) is 29.0 Å². The van der Waals surface area contributed by atoms with Gasteiger partial charge < -0.3 is 16.3 Å². The monoisotopic (exact) mass is 308 g/mol. The highest BCUT2D eigenvalue weighted by atomic mass is 32.1. The maximum Gasteiger partial charge on any atom is 0.0701 e. The first-order chi connectivity index (χ1) is 9.36. The van der Waals surface area contributed by atoms with Gasteiger partial charge in [0.1, 0.15) is 0 Å². The second kappa shape index (κ2) is 11.3. The number of rotatable bonds is 1. The third-order valence-electron chi connectivity index (χ3n) is 3.04. The molecule has 0 aliphatic carbocycles. The average Bonchev–Trinajstić information content (AvgIpc) is 2.51. The van der Waals surface area contributed by atoms with Crippen molar-refractivity contribution >= 4 is 12.6 Å². The van der Waals surface area contributed by atoms with Crippen LogP contribution in [0.25, 0.3) is 11.3 Å². The standard InChI is InChI=1S/C11H9NS.C5H11N.2H2O/c13-10-6-4-9(5-7-10)11-3-1-2-8-12-11;1-2-4-6-5-3-1;;/h1-8,13H;6H,1-5H2;2*1H2. The van der Waals surface area contributed by atoms with Gasteiger partial charge in [0.05, 0.1) is 5.69 Å². The summed E-state index contributed by atoms with van der Waals surface area (Å²) in [6, 6.07) is 13.9. The van der Waals surface area contributed by atoms with Gasteiger partial charge in [0.15, 0.2) is 0 Å². The Balaban J connectivity index is 0.000000430. The molecule has 2 aromatic rings. The van der Waals surface area contributed by atoms with Gasteiger partial charge >= 0.3 is 0 Å². The minimum Gasteiger partial charge on any atom is -0.412 e. The second-order valence-corrected chi connectivity index (χ2v) is 5.09. The van der Waals surface area contributed by atoms with Gasteiger partial charge in [-0.15, -0.1) is 12.6 Å². The van der Waals surface area contributed by atoms with E-state index in [1.165, 1.54) is 32.4 Å². The van der Waals surface area contributed by atoms with E-state index in [2.05, 4.69) is 22.9 Å². The summed E-state index contributed by atoms with van der Waals surface area (Å²) in [5, 5.41) is 3.28. The fraction of sp³-hybridized carbons (Fsp3) is 0.312. The van der Waals surface area contributed by atoms with E-state index >= 15 is 0 Å². The molecule has 5 N–H and O–H groups in total. The fourth-order valence-corrected chi connectivity index (χ4v) is 2.12. The smallest absolute Gasteiger partial charge is 0.0701 e. The lowest BCUT2D eigenvalue weighted by atomic mass is 10.1. The molecule has 1 aromatic carbocycles. The van der Waals surface area contributed by atoms with Crippen molar-refractivity contribution in [2.24, 2.45) is 0 Å². The number of hydrogen-bond donors (Lipinski definition) is 2. The van der Waals surface area contributed by atoms with Gasteiger partial charge in [0, 0.05) is 16.7 Å². The van der Waals surface area contributed by atoms with Crippen molar-refractivity contribution < 1.29 is 11.0 Å². The molecule has 0 unspecified atom stereocenters. The Morgan fingerprint density at radius 1 is 0.857 bits per heavy atom. The predicted molar refractivity (Wildman–Crippen MR) is 90.9 cm³/mol. The Morgan fingerprint density at radius 3 is 1.95 bits per heavy atom. The molecule has 116 valence electrons. The number of nitrogens with zero attached hydrogens (tertiary/aromatic N) is 1. The molecule has 0 radical (unpaired) electrons. The summed E-state index contributed by atoms with van der Waals surface area (Å²) in [5.41, 5.74) is 2.12. The Morgan fingerprint density at radius 2 is 1.52 bits per heavy atom. The molecule has 4 nitrogen and oxygen atoms in total. The zero-order valence-corrected chi connectivity index (χ0v) is 12.9. The quantitative estimate of drug-likeness (QED) is 0.791. The molecular formula is C16H24N2O2S. The zero-order chi connectivity index (χ0) is 13.3. The molecule has 0 atom stereocenters. The van der Waals surface area contributed by atoms with Crippen LogP contribution in [0.15, 0.2) is 53.6 Å². The van der Waals surface area contributed by atoms with Crippen molar-refractivity contribution in [1.29, 1.82) is 0 Å². The number of hydrogen-bond acceptors (Lipinski definition) is 3. The summed E-state index contributed by atoms with van der Waals surface area (Å²) < 4.78 is 0. The van der Waals surface area contributed by atoms with Crippen LogP contribution in [0, 0.1) is 0 Å². The lowest BCUT2D eigenvalue weighted by Gasteiger charge is -2.08. The van der Waals surface area contributed by atoms with E-state index in [-0.39, 0.29) is 11.0 Å². The fourth-order valence-electron chi connectivity index (χ4n) is 1.97. The first-order valence-electron chi connectivity index (χ1n) is 6.77. The molecule has 21 heavy (non-hydrogen) atoms. The van der Waals surface area contributed by atoms with Gasteiger partial charge in [-0.05, 0) is 50.2 Å². The molecule has 0 saturated carbocycles. The van der Waals surface area contributed by atoms with E-state index in [0.717, 1.165) is 16.2 Å². The minimum absolute atomic E-state index is 0. The van der Waals surface area contributed by atoms with Crippen LogP contribution in [-0.2, 0) is 0 Å². The van der Waals surface area contributed by atoms with Gasteiger partial charge in [-0.1, -0.05) is 24.6 Å². The molecule has 0 bridgehead atoms. The SMILES string of the molecule is C1CCNCC1.O.O.Sc1ccc(-c2ccccn2)cc1. The maximum atomic E-state index is 4.25. The number of nitrogens with one attached hydrogen (secondary N) is 1. The van der Waals surface area contributed by atoms with Gasteiger partial charge in [0.2, 0.25) is 0 Å². The summed E-state index contributed by atoms with van der Waals surface area (Å²) in [6.45, 7) is 2.50. The first-order valence-corrected chi connectivity index (χ1v) is 7.22. The highest BCUT2D eigenvalue weighted by molar-refractivity contribution is 7.80. The molecule has 0 amide bonds. The van der Waals surface area contributed by atoms with Crippen molar-refractivity contribution in [3.63, 3.8) is 0 Å². The first kappa shape index (κ1) is 19.6. The Labute approximate surface area is 131 Å². The van der Waals surface area contributed by atoms with E-state index < -0.39 is 0 Å². The van der Waals surface area contributed by atoms with Gasteiger partial charge in [-0.2, -0.15) is 0 Å². The minimum atomic E-state index is 0. The van der Waals surface area contributed by atoms with E-state index in [1.54, 1.807) is 6.20 Å². The third kappa shape index (κ3) is 7.24. The van der Waals surface area contributed by atoms with Crippen LogP contribution in [0.2, 0.25) is 0 Å². The van der Waals surface area contributed by atoms with Crippen LogP contribution in [0.4, 0.5) is 0 Å². The van der Waals surface area contributed by atoms with Crippen molar-refractivity contribution in [3.8, 4) is 11.3 Å². The lowest BCUT2D eigenvalue weighted by Crippen LogP contribution is -2.21. The Kier molecular flexibility index (Phi) is 10.5. The van der Waals surface area contributed by atoms with E-state index in [4.69, 9.17) is 0 Å². The predicted octanol–water partition coefficient (Wildman–Crippen LogP) is 2.15. The topological polar surface area (TPSA) is 87.9 Å². The largest absolute Gasteiger partial charge is 0.412 e. The summed E-state index contributed by atoms with van der Waals surface area (Å²) in [4.78, 5) is 5.23. The highest BCUT2D eigenvalue weighted by Gasteiger charge is 1.95. The molecule has 1 saturated heterocycles. The van der Waals surface area contributed by atoms with Gasteiger partial charge in [-0.25, -0.2) is 0 Å². The lowest BCUT2D eigenvalue weighted by molar-refractivity contribution is 0.520. The van der Waals surface area contributed by atoms with Gasteiger partial charge in [0.25, 0.3) is 0 Å². The second-order valence-electron chi connectivity index (χ2n) is 4.57. The molecule has 1 aromatic heterocycles. The number of benzene rings is 1. The van der Waals surface area contributed by atoms with Crippen LogP contribution >= 0.6 is 12.6 Å². The van der Waals surface area contributed by atoms with E-state index in [0.29, 0.717) is 0 Å². The number of aromatic nitrogens is 1. The van der Waals surface area contributed by atoms with Crippen LogP contribution in [0.1, 0.15) is 19.3 Å².